The minimum atomic E-state index is -0.406. The molecule has 0 N–H and O–H groups in total. The molecule has 0 saturated heterocycles. The minimum absolute atomic E-state index is 0.126. The highest BCUT2D eigenvalue weighted by Crippen LogP contribution is 2.42. The Morgan fingerprint density at radius 3 is 2.78 bits per heavy atom. The summed E-state index contributed by atoms with van der Waals surface area (Å²) in [5.41, 5.74) is 2.16. The molecule has 96 valence electrons. The Morgan fingerprint density at radius 2 is 2.17 bits per heavy atom. The van der Waals surface area contributed by atoms with Crippen LogP contribution < -0.4 is 4.74 Å². The highest BCUT2D eigenvalue weighted by atomic mass is 16.5. The number of benzene rings is 1. The zero-order valence-electron chi connectivity index (χ0n) is 11.5. The Hall–Kier alpha value is -1.53. The van der Waals surface area contributed by atoms with Crippen LogP contribution in [-0.2, 0) is 6.42 Å². The topological polar surface area (TPSA) is 36.3 Å². The molecule has 0 spiro atoms. The summed E-state index contributed by atoms with van der Waals surface area (Å²) in [6.07, 6.45) is 1.04. The fourth-order valence-corrected chi connectivity index (χ4v) is 2.85. The Labute approximate surface area is 109 Å². The number of rotatable bonds is 2. The van der Waals surface area contributed by atoms with Crippen molar-refractivity contribution in [1.82, 2.24) is 4.90 Å². The van der Waals surface area contributed by atoms with Gasteiger partial charge in [-0.15, -0.1) is 0 Å². The number of nitriles is 1. The number of likely N-dealkylation sites (N-methyl/N-ethyl adjacent to an activating group) is 1. The normalized spacial score (nSPS) is 20.1. The van der Waals surface area contributed by atoms with Gasteiger partial charge in [-0.1, -0.05) is 6.07 Å². The lowest BCUT2D eigenvalue weighted by atomic mass is 9.77. The van der Waals surface area contributed by atoms with Crippen molar-refractivity contribution in [2.24, 2.45) is 5.41 Å². The van der Waals surface area contributed by atoms with E-state index in [1.807, 2.05) is 19.9 Å². The van der Waals surface area contributed by atoms with Gasteiger partial charge >= 0.3 is 0 Å². The molecule has 0 radical (unpaired) electrons. The molecule has 18 heavy (non-hydrogen) atoms. The van der Waals surface area contributed by atoms with Crippen LogP contribution in [-0.4, -0.2) is 25.6 Å². The van der Waals surface area contributed by atoms with Crippen molar-refractivity contribution in [2.75, 3.05) is 20.7 Å². The Morgan fingerprint density at radius 1 is 1.44 bits per heavy atom. The average molecular weight is 244 g/mol. The maximum atomic E-state index is 9.41. The predicted molar refractivity (Wildman–Crippen MR) is 71.5 cm³/mol. The van der Waals surface area contributed by atoms with E-state index in [-0.39, 0.29) is 6.04 Å². The molecule has 1 aliphatic rings. The Kier molecular flexibility index (Phi) is 3.32. The molecule has 1 unspecified atom stereocenters. The second-order valence-electron chi connectivity index (χ2n) is 5.53. The third-order valence-electron chi connectivity index (χ3n) is 3.79. The molecule has 1 aromatic rings. The van der Waals surface area contributed by atoms with E-state index < -0.39 is 5.41 Å². The largest absolute Gasteiger partial charge is 0.497 e. The number of ether oxygens (including phenoxy) is 1. The third kappa shape index (κ3) is 2.09. The van der Waals surface area contributed by atoms with Crippen molar-refractivity contribution in [1.29, 1.82) is 5.26 Å². The second kappa shape index (κ2) is 4.62. The van der Waals surface area contributed by atoms with Gasteiger partial charge in [0.25, 0.3) is 0 Å². The van der Waals surface area contributed by atoms with E-state index in [0.717, 1.165) is 18.7 Å². The smallest absolute Gasteiger partial charge is 0.119 e. The summed E-state index contributed by atoms with van der Waals surface area (Å²) >= 11 is 0. The summed E-state index contributed by atoms with van der Waals surface area (Å²) in [6, 6.07) is 8.77. The van der Waals surface area contributed by atoms with Crippen LogP contribution in [0.4, 0.5) is 0 Å². The molecule has 2 rings (SSSR count). The summed E-state index contributed by atoms with van der Waals surface area (Å²) in [5.74, 6) is 0.864. The number of methoxy groups -OCH3 is 1. The lowest BCUT2D eigenvalue weighted by Crippen LogP contribution is -2.40. The predicted octanol–water partition coefficient (Wildman–Crippen LogP) is 2.77. The van der Waals surface area contributed by atoms with Gasteiger partial charge in [-0.05, 0) is 50.6 Å². The van der Waals surface area contributed by atoms with E-state index in [2.05, 4.69) is 30.1 Å². The van der Waals surface area contributed by atoms with Gasteiger partial charge in [-0.2, -0.15) is 5.26 Å². The van der Waals surface area contributed by atoms with Crippen molar-refractivity contribution in [3.63, 3.8) is 0 Å². The van der Waals surface area contributed by atoms with Crippen LogP contribution in [0.3, 0.4) is 0 Å². The third-order valence-corrected chi connectivity index (χ3v) is 3.79. The van der Waals surface area contributed by atoms with Crippen molar-refractivity contribution in [2.45, 2.75) is 26.3 Å². The van der Waals surface area contributed by atoms with Crippen molar-refractivity contribution < 1.29 is 4.74 Å². The highest BCUT2D eigenvalue weighted by molar-refractivity contribution is 5.41. The summed E-state index contributed by atoms with van der Waals surface area (Å²) in [5, 5.41) is 9.41. The van der Waals surface area contributed by atoms with E-state index in [4.69, 9.17) is 4.74 Å². The van der Waals surface area contributed by atoms with Gasteiger partial charge < -0.3 is 4.74 Å². The van der Waals surface area contributed by atoms with Crippen LogP contribution in [0.1, 0.15) is 31.0 Å². The fraction of sp³-hybridized carbons (Fsp3) is 0.533. The molecule has 1 aromatic carbocycles. The zero-order chi connectivity index (χ0) is 13.3. The number of fused-ring (bicyclic) bond motifs is 1. The van der Waals surface area contributed by atoms with Crippen LogP contribution in [0.15, 0.2) is 18.2 Å². The second-order valence-corrected chi connectivity index (χ2v) is 5.53. The Balaban J connectivity index is 2.53. The number of hydrogen-bond acceptors (Lipinski definition) is 3. The number of nitrogens with zero attached hydrogens (tertiary/aromatic N) is 2. The standard InChI is InChI=1S/C15H20N2O/c1-15(2,10-16)14-13-9-12(18-4)6-5-11(13)7-8-17(14)3/h5-6,9,14H,7-8H2,1-4H3. The first kappa shape index (κ1) is 12.9. The van der Waals surface area contributed by atoms with Crippen molar-refractivity contribution >= 4 is 0 Å². The van der Waals surface area contributed by atoms with E-state index >= 15 is 0 Å². The van der Waals surface area contributed by atoms with Gasteiger partial charge in [0.1, 0.15) is 5.75 Å². The molecule has 0 aliphatic carbocycles. The van der Waals surface area contributed by atoms with Crippen LogP contribution >= 0.6 is 0 Å². The summed E-state index contributed by atoms with van der Waals surface area (Å²) in [6.45, 7) is 5.00. The Bertz CT molecular complexity index is 488. The SMILES string of the molecule is COc1ccc2c(c1)C(C(C)(C)C#N)N(C)CC2. The van der Waals surface area contributed by atoms with Crippen LogP contribution in [0.2, 0.25) is 0 Å². The van der Waals surface area contributed by atoms with E-state index in [0.29, 0.717) is 0 Å². The first-order valence-corrected chi connectivity index (χ1v) is 6.28. The molecule has 1 aliphatic heterocycles. The minimum Gasteiger partial charge on any atom is -0.497 e. The van der Waals surface area contributed by atoms with Gasteiger partial charge in [0, 0.05) is 6.54 Å². The monoisotopic (exact) mass is 244 g/mol. The summed E-state index contributed by atoms with van der Waals surface area (Å²) in [7, 11) is 3.77. The van der Waals surface area contributed by atoms with Crippen LogP contribution in [0.5, 0.6) is 5.75 Å². The van der Waals surface area contributed by atoms with Gasteiger partial charge in [-0.25, -0.2) is 0 Å². The molecule has 0 amide bonds. The summed E-state index contributed by atoms with van der Waals surface area (Å²) < 4.78 is 5.31. The van der Waals surface area contributed by atoms with Crippen molar-refractivity contribution in [3.05, 3.63) is 29.3 Å². The average Bonchev–Trinajstić information content (AvgIpc) is 2.37. The first-order chi connectivity index (χ1) is 8.49. The molecule has 0 saturated carbocycles. The molecule has 1 atom stereocenters. The molecule has 0 fully saturated rings. The van der Waals surface area contributed by atoms with Crippen LogP contribution in [0.25, 0.3) is 0 Å². The lowest BCUT2D eigenvalue weighted by Gasteiger charge is -2.41. The quantitative estimate of drug-likeness (QED) is 0.802. The molecular weight excluding hydrogens is 224 g/mol. The molecule has 0 bridgehead atoms. The first-order valence-electron chi connectivity index (χ1n) is 6.28. The van der Waals surface area contributed by atoms with Gasteiger partial charge in [-0.3, -0.25) is 4.90 Å². The van der Waals surface area contributed by atoms with Crippen LogP contribution in [0, 0.1) is 16.7 Å². The lowest BCUT2D eigenvalue weighted by molar-refractivity contribution is 0.141. The van der Waals surface area contributed by atoms with E-state index in [9.17, 15) is 5.26 Å². The summed E-state index contributed by atoms with van der Waals surface area (Å²) in [4.78, 5) is 2.27. The zero-order valence-corrected chi connectivity index (χ0v) is 11.5. The van der Waals surface area contributed by atoms with Gasteiger partial charge in [0.05, 0.1) is 24.6 Å². The molecule has 3 heteroatoms. The highest BCUT2D eigenvalue weighted by Gasteiger charge is 2.37. The maximum absolute atomic E-state index is 9.41. The maximum Gasteiger partial charge on any atom is 0.119 e. The molecule has 0 aromatic heterocycles. The van der Waals surface area contributed by atoms with Crippen molar-refractivity contribution in [3.8, 4) is 11.8 Å². The molecule has 3 nitrogen and oxygen atoms in total. The van der Waals surface area contributed by atoms with Gasteiger partial charge in [0.15, 0.2) is 0 Å². The van der Waals surface area contributed by atoms with E-state index in [1.54, 1.807) is 7.11 Å². The molecule has 1 heterocycles. The van der Waals surface area contributed by atoms with E-state index in [1.165, 1.54) is 11.1 Å². The van der Waals surface area contributed by atoms with Gasteiger partial charge in [0.2, 0.25) is 0 Å². The molecular formula is C15H20N2O. The number of hydrogen-bond donors (Lipinski definition) is 0. The fourth-order valence-electron chi connectivity index (χ4n) is 2.85.